The number of rotatable bonds is 5. The first-order valence-corrected chi connectivity index (χ1v) is 12.8. The molecule has 3 aliphatic rings. The van der Waals surface area contributed by atoms with Gasteiger partial charge in [0.1, 0.15) is 22.8 Å². The topological polar surface area (TPSA) is 186 Å². The quantitative estimate of drug-likeness (QED) is 0.278. The second-order valence-corrected chi connectivity index (χ2v) is 10.4. The minimum absolute atomic E-state index is 0. The number of Topliss-reactive ketones (excluding diaryl/α,β-unsaturated/α-hetero) is 1. The van der Waals surface area contributed by atoms with Crippen LogP contribution in [0, 0.1) is 0 Å². The monoisotopic (exact) mass is 577 g/mol. The van der Waals surface area contributed by atoms with E-state index in [1.165, 1.54) is 19.1 Å². The van der Waals surface area contributed by atoms with Crippen molar-refractivity contribution >= 4 is 29.8 Å². The molecule has 6 atom stereocenters. The van der Waals surface area contributed by atoms with Crippen molar-refractivity contribution in [1.82, 2.24) is 0 Å². The molecule has 0 amide bonds. The lowest BCUT2D eigenvalue weighted by atomic mass is 9.72. The Balaban J connectivity index is 0.00000370. The summed E-state index contributed by atoms with van der Waals surface area (Å²) in [7, 11) is 0. The number of halogens is 1. The van der Waals surface area contributed by atoms with Gasteiger partial charge in [-0.2, -0.15) is 0 Å². The van der Waals surface area contributed by atoms with Crippen molar-refractivity contribution in [2.75, 3.05) is 6.61 Å². The van der Waals surface area contributed by atoms with Crippen molar-refractivity contribution in [2.45, 2.75) is 76.3 Å². The smallest absolute Gasteiger partial charge is 0.202 e. The third-order valence-electron chi connectivity index (χ3n) is 7.88. The van der Waals surface area contributed by atoms with Crippen LogP contribution in [0.1, 0.15) is 82.7 Å². The van der Waals surface area contributed by atoms with E-state index >= 15 is 0 Å². The van der Waals surface area contributed by atoms with E-state index < -0.39 is 82.6 Å². The van der Waals surface area contributed by atoms with Crippen LogP contribution < -0.4 is 10.5 Å². The molecule has 40 heavy (non-hydrogen) atoms. The maximum atomic E-state index is 13.7. The molecule has 1 aliphatic heterocycles. The first-order valence-electron chi connectivity index (χ1n) is 12.8. The molecule has 6 unspecified atom stereocenters. The van der Waals surface area contributed by atoms with E-state index in [9.17, 15) is 34.8 Å². The molecule has 6 N–H and O–H groups in total. The minimum Gasteiger partial charge on any atom is -0.507 e. The van der Waals surface area contributed by atoms with E-state index in [1.807, 2.05) is 0 Å². The molecule has 0 bridgehead atoms. The number of ketones is 3. The predicted molar refractivity (Wildman–Crippen MR) is 142 cm³/mol. The normalized spacial score (nSPS) is 29.1. The first kappa shape index (κ1) is 29.9. The molecule has 2 aromatic carbocycles. The molecule has 11 nitrogen and oxygen atoms in total. The Morgan fingerprint density at radius 3 is 2.45 bits per heavy atom. The molecule has 2 aliphatic carbocycles. The van der Waals surface area contributed by atoms with Crippen molar-refractivity contribution < 1.29 is 49.0 Å². The zero-order valence-electron chi connectivity index (χ0n) is 22.2. The van der Waals surface area contributed by atoms with Gasteiger partial charge in [0.2, 0.25) is 5.78 Å². The summed E-state index contributed by atoms with van der Waals surface area (Å²) in [5.74, 6) is -3.11. The number of aromatic hydroxyl groups is 2. The Morgan fingerprint density at radius 2 is 1.82 bits per heavy atom. The predicted octanol–water partition coefficient (Wildman–Crippen LogP) is 1.84. The maximum absolute atomic E-state index is 13.7. The summed E-state index contributed by atoms with van der Waals surface area (Å²) in [4.78, 5) is 39.8. The fourth-order valence-electron chi connectivity index (χ4n) is 5.76. The number of benzene rings is 2. The number of hydrogen-bond acceptors (Lipinski definition) is 11. The Hall–Kier alpha value is -3.06. The number of aliphatic hydroxyl groups is 2. The molecule has 0 radical (unpaired) electrons. The Labute approximate surface area is 236 Å². The Morgan fingerprint density at radius 1 is 1.15 bits per heavy atom. The molecule has 0 aromatic heterocycles. The van der Waals surface area contributed by atoms with Crippen LogP contribution in [0.5, 0.6) is 17.2 Å². The van der Waals surface area contributed by atoms with Gasteiger partial charge in [-0.3, -0.25) is 14.4 Å². The molecular weight excluding hydrogens is 546 g/mol. The van der Waals surface area contributed by atoms with Gasteiger partial charge in [0.25, 0.3) is 0 Å². The number of aliphatic hydroxyl groups excluding tert-OH is 1. The molecule has 0 spiro atoms. The zero-order chi connectivity index (χ0) is 28.4. The number of carbonyl (C=O) groups excluding carboxylic acids is 3. The van der Waals surface area contributed by atoms with Gasteiger partial charge in [-0.15, -0.1) is 12.4 Å². The lowest BCUT2D eigenvalue weighted by Gasteiger charge is -2.42. The Bertz CT molecular complexity index is 1380. The molecule has 0 saturated carbocycles. The van der Waals surface area contributed by atoms with Crippen molar-refractivity contribution in [3.63, 3.8) is 0 Å². The van der Waals surface area contributed by atoms with E-state index in [1.54, 1.807) is 19.9 Å². The lowest BCUT2D eigenvalue weighted by Crippen LogP contribution is -2.52. The van der Waals surface area contributed by atoms with E-state index in [-0.39, 0.29) is 59.9 Å². The minimum atomic E-state index is -2.00. The van der Waals surface area contributed by atoms with Crippen LogP contribution in [0.3, 0.4) is 0 Å². The summed E-state index contributed by atoms with van der Waals surface area (Å²) in [6.45, 7) is 4.74. The third kappa shape index (κ3) is 4.56. The number of carbonyl (C=O) groups is 3. The first-order chi connectivity index (χ1) is 18.4. The summed E-state index contributed by atoms with van der Waals surface area (Å²) in [5, 5.41) is 44.3. The van der Waals surface area contributed by atoms with Gasteiger partial charge < -0.3 is 40.4 Å². The van der Waals surface area contributed by atoms with Gasteiger partial charge in [0.15, 0.2) is 17.9 Å². The van der Waals surface area contributed by atoms with E-state index in [0.717, 1.165) is 0 Å². The maximum Gasteiger partial charge on any atom is 0.202 e. The van der Waals surface area contributed by atoms with E-state index in [4.69, 9.17) is 19.9 Å². The van der Waals surface area contributed by atoms with Crippen LogP contribution in [0.2, 0.25) is 0 Å². The average Bonchev–Trinajstić information content (AvgIpc) is 2.87. The number of phenolic OH excluding ortho intramolecular Hbond substituents is 2. The molecule has 216 valence electrons. The Kier molecular flexibility index (Phi) is 8.03. The molecule has 12 heteroatoms. The van der Waals surface area contributed by atoms with Crippen LogP contribution in [0.4, 0.5) is 0 Å². The van der Waals surface area contributed by atoms with Gasteiger partial charge >= 0.3 is 0 Å². The molecule has 1 saturated heterocycles. The average molecular weight is 578 g/mol. The van der Waals surface area contributed by atoms with Gasteiger partial charge in [-0.25, -0.2) is 0 Å². The van der Waals surface area contributed by atoms with Crippen molar-refractivity contribution in [3.8, 4) is 17.2 Å². The second-order valence-electron chi connectivity index (χ2n) is 10.4. The van der Waals surface area contributed by atoms with Crippen molar-refractivity contribution in [2.24, 2.45) is 5.73 Å². The molecule has 5 rings (SSSR count). The summed E-state index contributed by atoms with van der Waals surface area (Å²) in [6, 6.07) is 3.81. The standard InChI is InChI=1S/C28H31NO10.ClH/c1-4-37-16-7-5-6-13-19(16)26(34)22-21(24(13)32)25(33)14-9-28(36,12(3)30)10-17(20(14)27(22)35)39-18-8-15(29)23(31)11(2)38-18;/h5-7,11,15,17-18,23,31,33,35-36H,4,8-10,29H2,1-3H3;1H. The summed E-state index contributed by atoms with van der Waals surface area (Å²) < 4.78 is 17.4. The lowest BCUT2D eigenvalue weighted by molar-refractivity contribution is -0.247. The van der Waals surface area contributed by atoms with Gasteiger partial charge in [0, 0.05) is 42.0 Å². The summed E-state index contributed by atoms with van der Waals surface area (Å²) >= 11 is 0. The van der Waals surface area contributed by atoms with Crippen LogP contribution in [-0.4, -0.2) is 74.5 Å². The highest BCUT2D eigenvalue weighted by Crippen LogP contribution is 2.52. The van der Waals surface area contributed by atoms with E-state index in [0.29, 0.717) is 0 Å². The number of nitrogens with two attached hydrogens (primary N) is 1. The van der Waals surface area contributed by atoms with Crippen LogP contribution >= 0.6 is 12.4 Å². The molecule has 2 aromatic rings. The fourth-order valence-corrected chi connectivity index (χ4v) is 5.76. The molecular formula is C28H32ClNO10. The highest BCUT2D eigenvalue weighted by Gasteiger charge is 2.49. The van der Waals surface area contributed by atoms with Crippen LogP contribution in [-0.2, 0) is 20.7 Å². The fraction of sp³-hybridized carbons (Fsp3) is 0.464. The largest absolute Gasteiger partial charge is 0.507 e. The highest BCUT2D eigenvalue weighted by atomic mass is 35.5. The van der Waals surface area contributed by atoms with Crippen molar-refractivity contribution in [1.29, 1.82) is 0 Å². The van der Waals surface area contributed by atoms with E-state index in [2.05, 4.69) is 0 Å². The number of ether oxygens (including phenoxy) is 3. The summed E-state index contributed by atoms with van der Waals surface area (Å²) in [6.07, 6.45) is -4.53. The third-order valence-corrected chi connectivity index (χ3v) is 7.88. The highest BCUT2D eigenvalue weighted by molar-refractivity contribution is 6.31. The number of hydrogen-bond donors (Lipinski definition) is 5. The second kappa shape index (κ2) is 10.7. The van der Waals surface area contributed by atoms with Crippen molar-refractivity contribution in [3.05, 3.63) is 51.6 Å². The zero-order valence-corrected chi connectivity index (χ0v) is 23.0. The van der Waals surface area contributed by atoms with Gasteiger partial charge in [0.05, 0.1) is 41.6 Å². The summed E-state index contributed by atoms with van der Waals surface area (Å²) in [5.41, 5.74) is 3.03. The molecule has 1 heterocycles. The van der Waals surface area contributed by atoms with Gasteiger partial charge in [-0.1, -0.05) is 12.1 Å². The van der Waals surface area contributed by atoms with Crippen LogP contribution in [0.15, 0.2) is 18.2 Å². The van der Waals surface area contributed by atoms with Crippen LogP contribution in [0.25, 0.3) is 0 Å². The number of fused-ring (bicyclic) bond motifs is 3. The molecule has 1 fully saturated rings. The SMILES string of the molecule is CCOc1cccc2c1C(=O)c1c(O)c3c(c(O)c1C2=O)CC(O)(C(C)=O)CC3OC1CC(N)C(O)C(C)O1.Cl. The van der Waals surface area contributed by atoms with Gasteiger partial charge in [-0.05, 0) is 26.8 Å². The number of phenols is 2.